The van der Waals surface area contributed by atoms with Crippen LogP contribution in [0.1, 0.15) is 39.7 Å². The molecule has 3 nitrogen and oxygen atoms in total. The minimum Gasteiger partial charge on any atom is -0.319 e. The molecule has 2 N–H and O–H groups in total. The van der Waals surface area contributed by atoms with E-state index in [-0.39, 0.29) is 17.4 Å². The fraction of sp³-hybridized carbons (Fsp3) is 0.562. The van der Waals surface area contributed by atoms with Crippen LogP contribution in [0.3, 0.4) is 0 Å². The first kappa shape index (κ1) is 14.1. The molecule has 1 aromatic carbocycles. The molecular weight excluding hydrogens is 236 g/mol. The summed E-state index contributed by atoms with van der Waals surface area (Å²) in [5, 5.41) is 0. The van der Waals surface area contributed by atoms with Crippen molar-refractivity contribution in [2.45, 2.75) is 52.6 Å². The van der Waals surface area contributed by atoms with Crippen molar-refractivity contribution in [1.82, 2.24) is 0 Å². The number of rotatable bonds is 1. The molecule has 1 aromatic rings. The minimum atomic E-state index is -0.471. The van der Waals surface area contributed by atoms with Gasteiger partial charge in [-0.2, -0.15) is 0 Å². The summed E-state index contributed by atoms with van der Waals surface area (Å²) in [5.74, 6) is 0.0344. The molecule has 0 bridgehead atoms. The molecule has 0 fully saturated rings. The van der Waals surface area contributed by atoms with Gasteiger partial charge in [-0.25, -0.2) is 0 Å². The van der Waals surface area contributed by atoms with Gasteiger partial charge in [0.1, 0.15) is 0 Å². The molecule has 104 valence electrons. The first-order valence-corrected chi connectivity index (χ1v) is 6.99. The van der Waals surface area contributed by atoms with Crippen LogP contribution < -0.4 is 10.6 Å². The Balaban J connectivity index is 2.36. The van der Waals surface area contributed by atoms with Gasteiger partial charge in [-0.05, 0) is 36.8 Å². The maximum absolute atomic E-state index is 12.7. The molecule has 0 saturated heterocycles. The number of fused-ring (bicyclic) bond motifs is 1. The zero-order chi connectivity index (χ0) is 14.2. The lowest BCUT2D eigenvalue weighted by Crippen LogP contribution is -2.54. The molecular formula is C16H24N2O. The van der Waals surface area contributed by atoms with Crippen molar-refractivity contribution in [3.05, 3.63) is 29.8 Å². The smallest absolute Gasteiger partial charge is 0.244 e. The standard InChI is InChI=1S/C16H24N2O/c1-11-9-10-12-7-5-6-8-13(12)18(11)15(19)14(17)16(2,3)4/h5-8,11,14H,9-10,17H2,1-4H3. The summed E-state index contributed by atoms with van der Waals surface area (Å²) in [5.41, 5.74) is 8.21. The second kappa shape index (κ2) is 4.97. The zero-order valence-corrected chi connectivity index (χ0v) is 12.3. The van der Waals surface area contributed by atoms with Gasteiger partial charge in [0.25, 0.3) is 0 Å². The van der Waals surface area contributed by atoms with E-state index in [4.69, 9.17) is 5.73 Å². The normalized spacial score (nSPS) is 20.9. The Kier molecular flexibility index (Phi) is 3.68. The molecule has 19 heavy (non-hydrogen) atoms. The number of aryl methyl sites for hydroxylation is 1. The number of carbonyl (C=O) groups is 1. The molecule has 0 aliphatic carbocycles. The lowest BCUT2D eigenvalue weighted by molar-refractivity contribution is -0.122. The quantitative estimate of drug-likeness (QED) is 0.844. The van der Waals surface area contributed by atoms with Gasteiger partial charge in [0.15, 0.2) is 0 Å². The predicted molar refractivity (Wildman–Crippen MR) is 79.1 cm³/mol. The topological polar surface area (TPSA) is 46.3 Å². The molecule has 3 heteroatoms. The number of benzene rings is 1. The van der Waals surface area contributed by atoms with Crippen LogP contribution in [0.15, 0.2) is 24.3 Å². The molecule has 0 radical (unpaired) electrons. The molecule has 1 amide bonds. The lowest BCUT2D eigenvalue weighted by atomic mass is 9.85. The molecule has 2 atom stereocenters. The van der Waals surface area contributed by atoms with Crippen LogP contribution in [0, 0.1) is 5.41 Å². The van der Waals surface area contributed by atoms with Crippen molar-refractivity contribution < 1.29 is 4.79 Å². The van der Waals surface area contributed by atoms with Crippen LogP contribution in [0.5, 0.6) is 0 Å². The van der Waals surface area contributed by atoms with Crippen LogP contribution in [-0.4, -0.2) is 18.0 Å². The summed E-state index contributed by atoms with van der Waals surface area (Å²) >= 11 is 0. The Morgan fingerprint density at radius 2 is 2.00 bits per heavy atom. The number of hydrogen-bond donors (Lipinski definition) is 1. The first-order valence-electron chi connectivity index (χ1n) is 6.99. The highest BCUT2D eigenvalue weighted by molar-refractivity contribution is 5.99. The third-order valence-corrected chi connectivity index (χ3v) is 3.96. The highest BCUT2D eigenvalue weighted by atomic mass is 16.2. The van der Waals surface area contributed by atoms with E-state index in [9.17, 15) is 4.79 Å². The maximum Gasteiger partial charge on any atom is 0.244 e. The summed E-state index contributed by atoms with van der Waals surface area (Å²) in [6, 6.07) is 7.89. The monoisotopic (exact) mass is 260 g/mol. The van der Waals surface area contributed by atoms with Crippen LogP contribution in [0.4, 0.5) is 5.69 Å². The summed E-state index contributed by atoms with van der Waals surface area (Å²) in [7, 11) is 0. The van der Waals surface area contributed by atoms with E-state index in [1.807, 2.05) is 43.9 Å². The Bertz CT molecular complexity index is 476. The Labute approximate surface area is 115 Å². The van der Waals surface area contributed by atoms with E-state index in [1.54, 1.807) is 0 Å². The van der Waals surface area contributed by atoms with Gasteiger partial charge in [-0.3, -0.25) is 4.79 Å². The fourth-order valence-corrected chi connectivity index (χ4v) is 2.54. The number of para-hydroxylation sites is 1. The van der Waals surface area contributed by atoms with Gasteiger partial charge in [0.05, 0.1) is 6.04 Å². The highest BCUT2D eigenvalue weighted by Crippen LogP contribution is 2.32. The second-order valence-corrected chi connectivity index (χ2v) is 6.57. The summed E-state index contributed by atoms with van der Waals surface area (Å²) in [6.45, 7) is 8.13. The number of carbonyl (C=O) groups excluding carboxylic acids is 1. The van der Waals surface area contributed by atoms with E-state index in [0.717, 1.165) is 18.5 Å². The molecule has 0 aromatic heterocycles. The van der Waals surface area contributed by atoms with Crippen molar-refractivity contribution >= 4 is 11.6 Å². The Hall–Kier alpha value is -1.35. The number of nitrogens with two attached hydrogens (primary N) is 1. The number of anilines is 1. The van der Waals surface area contributed by atoms with Gasteiger partial charge in [-0.15, -0.1) is 0 Å². The van der Waals surface area contributed by atoms with Crippen LogP contribution in [0.2, 0.25) is 0 Å². The maximum atomic E-state index is 12.7. The SMILES string of the molecule is CC1CCc2ccccc2N1C(=O)C(N)C(C)(C)C. The summed E-state index contributed by atoms with van der Waals surface area (Å²) in [4.78, 5) is 14.6. The van der Waals surface area contributed by atoms with Crippen molar-refractivity contribution in [2.75, 3.05) is 4.90 Å². The zero-order valence-electron chi connectivity index (χ0n) is 12.3. The Morgan fingerprint density at radius 3 is 2.63 bits per heavy atom. The fourth-order valence-electron chi connectivity index (χ4n) is 2.54. The molecule has 1 heterocycles. The van der Waals surface area contributed by atoms with Crippen molar-refractivity contribution in [3.8, 4) is 0 Å². The van der Waals surface area contributed by atoms with E-state index < -0.39 is 6.04 Å². The van der Waals surface area contributed by atoms with Gasteiger partial charge in [0.2, 0.25) is 5.91 Å². The predicted octanol–water partition coefficient (Wildman–Crippen LogP) is 2.73. The van der Waals surface area contributed by atoms with E-state index in [1.165, 1.54) is 5.56 Å². The summed E-state index contributed by atoms with van der Waals surface area (Å²) in [6.07, 6.45) is 2.03. The third-order valence-electron chi connectivity index (χ3n) is 3.96. The average Bonchev–Trinajstić information content (AvgIpc) is 2.36. The number of hydrogen-bond acceptors (Lipinski definition) is 2. The molecule has 0 spiro atoms. The second-order valence-electron chi connectivity index (χ2n) is 6.57. The van der Waals surface area contributed by atoms with Gasteiger partial charge < -0.3 is 10.6 Å². The third kappa shape index (κ3) is 2.66. The van der Waals surface area contributed by atoms with E-state index in [0.29, 0.717) is 0 Å². The number of nitrogens with zero attached hydrogens (tertiary/aromatic N) is 1. The van der Waals surface area contributed by atoms with Crippen molar-refractivity contribution in [3.63, 3.8) is 0 Å². The van der Waals surface area contributed by atoms with Gasteiger partial charge in [-0.1, -0.05) is 39.0 Å². The Morgan fingerprint density at radius 1 is 1.37 bits per heavy atom. The van der Waals surface area contributed by atoms with Crippen molar-refractivity contribution in [2.24, 2.45) is 11.1 Å². The first-order chi connectivity index (χ1) is 8.82. The largest absolute Gasteiger partial charge is 0.319 e. The van der Waals surface area contributed by atoms with Crippen LogP contribution >= 0.6 is 0 Å². The van der Waals surface area contributed by atoms with Crippen LogP contribution in [0.25, 0.3) is 0 Å². The summed E-state index contributed by atoms with van der Waals surface area (Å²) < 4.78 is 0. The number of amides is 1. The van der Waals surface area contributed by atoms with E-state index >= 15 is 0 Å². The minimum absolute atomic E-state index is 0.0344. The lowest BCUT2D eigenvalue weighted by Gasteiger charge is -2.39. The molecule has 0 saturated carbocycles. The van der Waals surface area contributed by atoms with E-state index in [2.05, 4.69) is 13.0 Å². The van der Waals surface area contributed by atoms with Crippen LogP contribution in [-0.2, 0) is 11.2 Å². The average molecular weight is 260 g/mol. The highest BCUT2D eigenvalue weighted by Gasteiger charge is 2.36. The molecule has 1 aliphatic rings. The molecule has 1 aliphatic heterocycles. The van der Waals surface area contributed by atoms with Crippen molar-refractivity contribution in [1.29, 1.82) is 0 Å². The molecule has 2 rings (SSSR count). The molecule has 2 unspecified atom stereocenters. The van der Waals surface area contributed by atoms with Gasteiger partial charge >= 0.3 is 0 Å². The van der Waals surface area contributed by atoms with Gasteiger partial charge in [0, 0.05) is 11.7 Å².